The number of carbonyl (C=O) groups excluding carboxylic acids is 1. The third-order valence-corrected chi connectivity index (χ3v) is 5.41. The van der Waals surface area contributed by atoms with E-state index in [2.05, 4.69) is 0 Å². The second-order valence-corrected chi connectivity index (χ2v) is 7.38. The molecule has 1 aromatic carbocycles. The molecule has 2 unspecified atom stereocenters. The van der Waals surface area contributed by atoms with Gasteiger partial charge in [0.05, 0.1) is 10.0 Å². The maximum Gasteiger partial charge on any atom is 0.226 e. The standard InChI is InChI=1S/C17H22Cl2N2O/c18-15-7-4-11(8-16(15)19)10-21(14-5-6-14)17(22)12-2-1-3-13(20)9-12/h4,7-8,12-14H,1-3,5-6,9-10,20H2. The molecule has 2 atom stereocenters. The summed E-state index contributed by atoms with van der Waals surface area (Å²) in [7, 11) is 0. The molecule has 22 heavy (non-hydrogen) atoms. The zero-order chi connectivity index (χ0) is 15.7. The number of hydrogen-bond acceptors (Lipinski definition) is 2. The third kappa shape index (κ3) is 3.76. The molecule has 0 radical (unpaired) electrons. The van der Waals surface area contributed by atoms with Crippen LogP contribution in [0.3, 0.4) is 0 Å². The van der Waals surface area contributed by atoms with Crippen molar-refractivity contribution in [3.05, 3.63) is 33.8 Å². The minimum Gasteiger partial charge on any atom is -0.335 e. The van der Waals surface area contributed by atoms with E-state index in [0.717, 1.165) is 44.1 Å². The molecule has 2 saturated carbocycles. The average molecular weight is 341 g/mol. The van der Waals surface area contributed by atoms with Crippen molar-refractivity contribution in [3.63, 3.8) is 0 Å². The molecule has 120 valence electrons. The predicted octanol–water partition coefficient (Wildman–Crippen LogP) is 4.00. The van der Waals surface area contributed by atoms with E-state index in [1.165, 1.54) is 0 Å². The summed E-state index contributed by atoms with van der Waals surface area (Å²) < 4.78 is 0. The van der Waals surface area contributed by atoms with Crippen molar-refractivity contribution in [1.82, 2.24) is 4.90 Å². The summed E-state index contributed by atoms with van der Waals surface area (Å²) in [4.78, 5) is 14.9. The number of amides is 1. The number of carbonyl (C=O) groups is 1. The monoisotopic (exact) mass is 340 g/mol. The summed E-state index contributed by atoms with van der Waals surface area (Å²) in [6, 6.07) is 6.17. The van der Waals surface area contributed by atoms with E-state index in [9.17, 15) is 4.79 Å². The van der Waals surface area contributed by atoms with Gasteiger partial charge in [-0.05, 0) is 49.8 Å². The summed E-state index contributed by atoms with van der Waals surface area (Å²) >= 11 is 12.1. The van der Waals surface area contributed by atoms with Crippen molar-refractivity contribution in [1.29, 1.82) is 0 Å². The topological polar surface area (TPSA) is 46.3 Å². The molecule has 0 saturated heterocycles. The van der Waals surface area contributed by atoms with Gasteiger partial charge in [-0.1, -0.05) is 35.7 Å². The van der Waals surface area contributed by atoms with Crippen LogP contribution in [0.1, 0.15) is 44.1 Å². The molecule has 0 aromatic heterocycles. The van der Waals surface area contributed by atoms with E-state index in [4.69, 9.17) is 28.9 Å². The Morgan fingerprint density at radius 3 is 2.59 bits per heavy atom. The quantitative estimate of drug-likeness (QED) is 0.900. The third-order valence-electron chi connectivity index (χ3n) is 4.67. The Balaban J connectivity index is 1.72. The Labute approximate surface area is 141 Å². The summed E-state index contributed by atoms with van der Waals surface area (Å²) in [6.07, 6.45) is 6.10. The van der Waals surface area contributed by atoms with Gasteiger partial charge in [0.1, 0.15) is 0 Å². The van der Waals surface area contributed by atoms with Gasteiger partial charge in [-0.2, -0.15) is 0 Å². The fourth-order valence-electron chi connectivity index (χ4n) is 3.29. The molecule has 3 rings (SSSR count). The van der Waals surface area contributed by atoms with Gasteiger partial charge in [0.15, 0.2) is 0 Å². The summed E-state index contributed by atoms with van der Waals surface area (Å²) in [6.45, 7) is 0.617. The molecule has 0 heterocycles. The Morgan fingerprint density at radius 2 is 1.95 bits per heavy atom. The van der Waals surface area contributed by atoms with Gasteiger partial charge in [0.25, 0.3) is 0 Å². The van der Waals surface area contributed by atoms with Crippen molar-refractivity contribution in [2.75, 3.05) is 0 Å². The van der Waals surface area contributed by atoms with Crippen molar-refractivity contribution >= 4 is 29.1 Å². The van der Waals surface area contributed by atoms with Crippen LogP contribution in [0.25, 0.3) is 0 Å². The smallest absolute Gasteiger partial charge is 0.226 e. The fraction of sp³-hybridized carbons (Fsp3) is 0.588. The maximum absolute atomic E-state index is 12.9. The normalized spacial score (nSPS) is 25.0. The first-order valence-corrected chi connectivity index (χ1v) is 8.80. The minimum absolute atomic E-state index is 0.0899. The van der Waals surface area contributed by atoms with E-state index in [1.54, 1.807) is 6.07 Å². The number of hydrogen-bond donors (Lipinski definition) is 1. The van der Waals surface area contributed by atoms with Gasteiger partial charge in [0, 0.05) is 24.5 Å². The Hall–Kier alpha value is -0.770. The van der Waals surface area contributed by atoms with E-state index in [1.807, 2.05) is 17.0 Å². The second-order valence-electron chi connectivity index (χ2n) is 6.57. The zero-order valence-corrected chi connectivity index (χ0v) is 14.1. The summed E-state index contributed by atoms with van der Waals surface area (Å²) in [5.74, 6) is 0.357. The lowest BCUT2D eigenvalue weighted by molar-refractivity contribution is -0.138. The van der Waals surface area contributed by atoms with Crippen LogP contribution in [-0.4, -0.2) is 22.9 Å². The van der Waals surface area contributed by atoms with Crippen molar-refractivity contribution in [3.8, 4) is 0 Å². The van der Waals surface area contributed by atoms with Crippen LogP contribution in [0.2, 0.25) is 10.0 Å². The van der Waals surface area contributed by atoms with E-state index >= 15 is 0 Å². The van der Waals surface area contributed by atoms with E-state index in [0.29, 0.717) is 22.6 Å². The first-order chi connectivity index (χ1) is 10.5. The van der Waals surface area contributed by atoms with Crippen molar-refractivity contribution in [2.24, 2.45) is 11.7 Å². The van der Waals surface area contributed by atoms with Gasteiger partial charge >= 0.3 is 0 Å². The number of rotatable bonds is 4. The molecule has 5 heteroatoms. The van der Waals surface area contributed by atoms with Crippen molar-refractivity contribution in [2.45, 2.75) is 57.2 Å². The molecule has 1 aromatic rings. The highest BCUT2D eigenvalue weighted by molar-refractivity contribution is 6.42. The summed E-state index contributed by atoms with van der Waals surface area (Å²) in [5, 5.41) is 1.09. The lowest BCUT2D eigenvalue weighted by Gasteiger charge is -2.31. The first kappa shape index (κ1) is 16.1. The van der Waals surface area contributed by atoms with Gasteiger partial charge in [0.2, 0.25) is 5.91 Å². The SMILES string of the molecule is NC1CCCC(C(=O)N(Cc2ccc(Cl)c(Cl)c2)C2CC2)C1. The van der Waals surface area contributed by atoms with Crippen molar-refractivity contribution < 1.29 is 4.79 Å². The van der Waals surface area contributed by atoms with Crippen LogP contribution in [0.15, 0.2) is 18.2 Å². The Bertz CT molecular complexity index is 560. The Morgan fingerprint density at radius 1 is 1.18 bits per heavy atom. The lowest BCUT2D eigenvalue weighted by atomic mass is 9.85. The van der Waals surface area contributed by atoms with E-state index < -0.39 is 0 Å². The maximum atomic E-state index is 12.9. The summed E-state index contributed by atoms with van der Waals surface area (Å²) in [5.41, 5.74) is 7.08. The van der Waals surface area contributed by atoms with Gasteiger partial charge in [-0.15, -0.1) is 0 Å². The largest absolute Gasteiger partial charge is 0.335 e. The van der Waals surface area contributed by atoms with Crippen LogP contribution < -0.4 is 5.73 Å². The van der Waals surface area contributed by atoms with Crippen LogP contribution >= 0.6 is 23.2 Å². The minimum atomic E-state index is 0.0899. The number of nitrogens with two attached hydrogens (primary N) is 1. The number of nitrogens with zero attached hydrogens (tertiary/aromatic N) is 1. The first-order valence-electron chi connectivity index (χ1n) is 8.04. The highest BCUT2D eigenvalue weighted by atomic mass is 35.5. The molecule has 2 fully saturated rings. The molecular formula is C17H22Cl2N2O. The van der Waals surface area contributed by atoms with Gasteiger partial charge < -0.3 is 10.6 Å². The average Bonchev–Trinajstić information content (AvgIpc) is 3.32. The molecule has 3 nitrogen and oxygen atoms in total. The van der Waals surface area contributed by atoms with Gasteiger partial charge in [-0.3, -0.25) is 4.79 Å². The Kier molecular flexibility index (Phi) is 4.96. The molecule has 0 bridgehead atoms. The van der Waals surface area contributed by atoms with Crippen LogP contribution in [0.4, 0.5) is 0 Å². The lowest BCUT2D eigenvalue weighted by Crippen LogP contribution is -2.41. The fourth-order valence-corrected chi connectivity index (χ4v) is 3.61. The van der Waals surface area contributed by atoms with Crippen LogP contribution in [0.5, 0.6) is 0 Å². The molecule has 2 N–H and O–H groups in total. The molecule has 0 spiro atoms. The molecule has 2 aliphatic carbocycles. The molecular weight excluding hydrogens is 319 g/mol. The number of halogens is 2. The molecule has 1 amide bonds. The number of benzene rings is 1. The zero-order valence-electron chi connectivity index (χ0n) is 12.6. The molecule has 2 aliphatic rings. The highest BCUT2D eigenvalue weighted by Crippen LogP contribution is 2.34. The highest BCUT2D eigenvalue weighted by Gasteiger charge is 2.37. The van der Waals surface area contributed by atoms with Gasteiger partial charge in [-0.25, -0.2) is 0 Å². The molecule has 0 aliphatic heterocycles. The second kappa shape index (κ2) is 6.77. The predicted molar refractivity (Wildman–Crippen MR) is 90.0 cm³/mol. The van der Waals surface area contributed by atoms with Crippen LogP contribution in [-0.2, 0) is 11.3 Å². The van der Waals surface area contributed by atoms with E-state index in [-0.39, 0.29) is 17.9 Å². The van der Waals surface area contributed by atoms with Crippen LogP contribution in [0, 0.1) is 5.92 Å².